The van der Waals surface area contributed by atoms with Crippen LogP contribution in [0.15, 0.2) is 211 Å². The number of benzene rings is 11. The fourth-order valence-corrected chi connectivity index (χ4v) is 10.0. The fourth-order valence-electron chi connectivity index (χ4n) is 10.0. The predicted molar refractivity (Wildman–Crippen MR) is 265 cm³/mol. The number of fused-ring (bicyclic) bond motifs is 12. The van der Waals surface area contributed by atoms with Gasteiger partial charge in [-0.25, -0.2) is 15.0 Å². The summed E-state index contributed by atoms with van der Waals surface area (Å²) in [5.74, 6) is 1.77. The van der Waals surface area contributed by atoms with Gasteiger partial charge < -0.3 is 8.98 Å². The quantitative estimate of drug-likeness (QED) is 0.166. The van der Waals surface area contributed by atoms with Gasteiger partial charge in [-0.15, -0.1) is 0 Å². The Bertz CT molecular complexity index is 4170. The summed E-state index contributed by atoms with van der Waals surface area (Å²) in [6.07, 6.45) is 0. The summed E-state index contributed by atoms with van der Waals surface area (Å²) < 4.78 is 9.39. The minimum Gasteiger partial charge on any atom is -0.456 e. The summed E-state index contributed by atoms with van der Waals surface area (Å²) in [5.41, 5.74) is 7.47. The normalized spacial score (nSPS) is 12.1. The van der Waals surface area contributed by atoms with Crippen molar-refractivity contribution >= 4 is 97.6 Å². The molecule has 0 bridgehead atoms. The summed E-state index contributed by atoms with van der Waals surface area (Å²) >= 11 is 0. The Morgan fingerprint density at radius 1 is 0.297 bits per heavy atom. The summed E-state index contributed by atoms with van der Waals surface area (Å²) in [7, 11) is 0. The number of nitrogens with zero attached hydrogens (tertiary/aromatic N) is 4. The minimum atomic E-state index is 0.563. The summed E-state index contributed by atoms with van der Waals surface area (Å²) in [5, 5.41) is 16.3. The van der Waals surface area contributed by atoms with Gasteiger partial charge >= 0.3 is 0 Å². The van der Waals surface area contributed by atoms with Crippen LogP contribution in [-0.4, -0.2) is 19.5 Å². The lowest BCUT2D eigenvalue weighted by atomic mass is 10.00. The van der Waals surface area contributed by atoms with Gasteiger partial charge in [0.25, 0.3) is 0 Å². The first-order chi connectivity index (χ1) is 31.7. The lowest BCUT2D eigenvalue weighted by molar-refractivity contribution is 0.669. The summed E-state index contributed by atoms with van der Waals surface area (Å²) in [6.45, 7) is 0. The molecule has 5 nitrogen and oxygen atoms in total. The van der Waals surface area contributed by atoms with Gasteiger partial charge in [0.2, 0.25) is 0 Å². The highest BCUT2D eigenvalue weighted by molar-refractivity contribution is 6.20. The van der Waals surface area contributed by atoms with Gasteiger partial charge in [0.05, 0.1) is 22.1 Å². The lowest BCUT2D eigenvalue weighted by Crippen LogP contribution is -2.01. The van der Waals surface area contributed by atoms with E-state index in [1.54, 1.807) is 0 Å². The van der Waals surface area contributed by atoms with Gasteiger partial charge in [-0.05, 0) is 108 Å². The average Bonchev–Trinajstić information content (AvgIpc) is 3.87. The van der Waals surface area contributed by atoms with E-state index in [1.807, 2.05) is 18.2 Å². The van der Waals surface area contributed by atoms with E-state index in [-0.39, 0.29) is 0 Å². The maximum atomic E-state index is 6.95. The molecule has 0 N–H and O–H groups in total. The second-order valence-corrected chi connectivity index (χ2v) is 16.8. The molecule has 0 fully saturated rings. The molecule has 64 heavy (non-hydrogen) atoms. The molecule has 3 aromatic heterocycles. The van der Waals surface area contributed by atoms with Crippen molar-refractivity contribution in [3.05, 3.63) is 206 Å². The minimum absolute atomic E-state index is 0.563. The standard InChI is InChI=1S/C59H34N4O/c1-2-13-36(14-3-1)57-60-58(44-24-25-47-43(26-44)23-22-35-12-10-11-21-46(35)47)62-59(61-57)45-32-53(56-50-29-39-17-6-9-20-42(39)33-54(50)64-55(56)34-45)63-51-30-40-18-7-4-15-37(40)27-48(51)49-28-38-16-5-8-19-41(38)31-52(49)63/h1-34H. The predicted octanol–water partition coefficient (Wildman–Crippen LogP) is 15.6. The average molecular weight is 815 g/mol. The van der Waals surface area contributed by atoms with Crippen LogP contribution in [0.5, 0.6) is 0 Å². The highest BCUT2D eigenvalue weighted by Crippen LogP contribution is 2.44. The molecule has 0 atom stereocenters. The molecule has 0 aliphatic rings. The zero-order chi connectivity index (χ0) is 41.9. The van der Waals surface area contributed by atoms with Crippen LogP contribution in [0.2, 0.25) is 0 Å². The molecule has 0 amide bonds. The maximum Gasteiger partial charge on any atom is 0.164 e. The van der Waals surface area contributed by atoms with E-state index in [2.05, 4.69) is 193 Å². The zero-order valence-corrected chi connectivity index (χ0v) is 34.3. The second kappa shape index (κ2) is 13.4. The SMILES string of the molecule is c1ccc(-c2nc(-c3ccc4c(ccc5ccccc54)c3)nc(-c3cc(-n4c5cc6ccccc6cc5c5cc6ccccc6cc54)c4c(c3)oc3cc5ccccc5cc34)n2)cc1. The first-order valence-electron chi connectivity index (χ1n) is 21.7. The second-order valence-electron chi connectivity index (χ2n) is 16.8. The third-order valence-corrected chi connectivity index (χ3v) is 13.1. The molecule has 14 aromatic rings. The van der Waals surface area contributed by atoms with Crippen molar-refractivity contribution in [2.75, 3.05) is 0 Å². The Morgan fingerprint density at radius 2 is 0.797 bits per heavy atom. The van der Waals surface area contributed by atoms with Crippen LogP contribution in [0.25, 0.3) is 137 Å². The molecular formula is C59H34N4O. The van der Waals surface area contributed by atoms with Gasteiger partial charge in [-0.3, -0.25) is 0 Å². The molecule has 0 radical (unpaired) electrons. The van der Waals surface area contributed by atoms with Crippen molar-refractivity contribution in [3.8, 4) is 39.9 Å². The van der Waals surface area contributed by atoms with E-state index < -0.39 is 0 Å². The van der Waals surface area contributed by atoms with E-state index >= 15 is 0 Å². The molecular weight excluding hydrogens is 781 g/mol. The first kappa shape index (κ1) is 35.0. The smallest absolute Gasteiger partial charge is 0.164 e. The third-order valence-electron chi connectivity index (χ3n) is 13.1. The number of hydrogen-bond donors (Lipinski definition) is 0. The van der Waals surface area contributed by atoms with Crippen molar-refractivity contribution < 1.29 is 4.42 Å². The van der Waals surface area contributed by atoms with Gasteiger partial charge in [-0.2, -0.15) is 0 Å². The number of aromatic nitrogens is 4. The molecule has 0 saturated heterocycles. The maximum absolute atomic E-state index is 6.95. The largest absolute Gasteiger partial charge is 0.456 e. The lowest BCUT2D eigenvalue weighted by Gasteiger charge is -2.14. The third kappa shape index (κ3) is 5.34. The van der Waals surface area contributed by atoms with Gasteiger partial charge in [-0.1, -0.05) is 152 Å². The van der Waals surface area contributed by atoms with Crippen molar-refractivity contribution in [3.63, 3.8) is 0 Å². The van der Waals surface area contributed by atoms with Crippen molar-refractivity contribution in [2.45, 2.75) is 0 Å². The Labute approximate surface area is 366 Å². The van der Waals surface area contributed by atoms with E-state index in [0.717, 1.165) is 71.5 Å². The molecule has 11 aromatic carbocycles. The van der Waals surface area contributed by atoms with E-state index in [9.17, 15) is 0 Å². The number of furan rings is 1. The van der Waals surface area contributed by atoms with Crippen molar-refractivity contribution in [1.29, 1.82) is 0 Å². The molecule has 14 rings (SSSR count). The Kier molecular flexibility index (Phi) is 7.33. The van der Waals surface area contributed by atoms with Gasteiger partial charge in [0.15, 0.2) is 17.5 Å². The topological polar surface area (TPSA) is 56.7 Å². The van der Waals surface area contributed by atoms with Crippen molar-refractivity contribution in [1.82, 2.24) is 19.5 Å². The van der Waals surface area contributed by atoms with E-state index in [4.69, 9.17) is 19.4 Å². The van der Waals surface area contributed by atoms with E-state index in [0.29, 0.717) is 17.5 Å². The Balaban J connectivity index is 1.09. The molecule has 0 spiro atoms. The van der Waals surface area contributed by atoms with Crippen molar-refractivity contribution in [2.24, 2.45) is 0 Å². The van der Waals surface area contributed by atoms with Gasteiger partial charge in [0.1, 0.15) is 11.2 Å². The summed E-state index contributed by atoms with van der Waals surface area (Å²) in [6, 6.07) is 73.5. The molecule has 0 saturated carbocycles. The van der Waals surface area contributed by atoms with Crippen LogP contribution in [0.1, 0.15) is 0 Å². The zero-order valence-electron chi connectivity index (χ0n) is 34.3. The molecule has 0 aliphatic carbocycles. The Morgan fingerprint density at radius 3 is 1.45 bits per heavy atom. The number of hydrogen-bond acceptors (Lipinski definition) is 4. The molecule has 0 aliphatic heterocycles. The summed E-state index contributed by atoms with van der Waals surface area (Å²) in [4.78, 5) is 15.8. The Hall–Kier alpha value is -8.67. The van der Waals surface area contributed by atoms with Crippen LogP contribution in [0.4, 0.5) is 0 Å². The monoisotopic (exact) mass is 814 g/mol. The molecule has 296 valence electrons. The van der Waals surface area contributed by atoms with Gasteiger partial charge in [0, 0.05) is 32.8 Å². The number of rotatable bonds is 4. The van der Waals surface area contributed by atoms with Crippen LogP contribution in [0.3, 0.4) is 0 Å². The first-order valence-corrected chi connectivity index (χ1v) is 21.7. The molecule has 5 heteroatoms. The van der Waals surface area contributed by atoms with Crippen LogP contribution in [-0.2, 0) is 0 Å². The fraction of sp³-hybridized carbons (Fsp3) is 0. The highest BCUT2D eigenvalue weighted by Gasteiger charge is 2.23. The van der Waals surface area contributed by atoms with Crippen LogP contribution < -0.4 is 0 Å². The van der Waals surface area contributed by atoms with E-state index in [1.165, 1.54) is 48.5 Å². The molecule has 0 unspecified atom stereocenters. The highest BCUT2D eigenvalue weighted by atomic mass is 16.3. The van der Waals surface area contributed by atoms with Crippen LogP contribution in [0, 0.1) is 0 Å². The van der Waals surface area contributed by atoms with Crippen LogP contribution >= 0.6 is 0 Å². The molecule has 3 heterocycles.